The largest absolute Gasteiger partial charge is 0.392 e. The Bertz CT molecular complexity index is 758. The van der Waals surface area contributed by atoms with Gasteiger partial charge in [-0.25, -0.2) is 9.98 Å². The first-order valence-corrected chi connectivity index (χ1v) is 7.12. The number of aliphatic hydroxyl groups excluding tert-OH is 1. The summed E-state index contributed by atoms with van der Waals surface area (Å²) in [5, 5.41) is 12.5. The second kappa shape index (κ2) is 8.07. The standard InChI is InChI=1S/C16H16ClN5O/c1-2-19-16(21-13-5-3-4-11(8-13)10-23)22-15(18)12-6-7-20-14(17)9-12/h2-9,23H,1,10H2,(H3,18,19,21,22). The lowest BCUT2D eigenvalue weighted by Gasteiger charge is -2.08. The lowest BCUT2D eigenvalue weighted by Crippen LogP contribution is -2.19. The molecule has 1 aromatic carbocycles. The lowest BCUT2D eigenvalue weighted by atomic mass is 10.2. The maximum absolute atomic E-state index is 9.18. The highest BCUT2D eigenvalue weighted by Gasteiger charge is 2.04. The van der Waals surface area contributed by atoms with E-state index in [4.69, 9.17) is 17.3 Å². The van der Waals surface area contributed by atoms with E-state index in [2.05, 4.69) is 26.9 Å². The van der Waals surface area contributed by atoms with E-state index >= 15 is 0 Å². The number of pyridine rings is 1. The van der Waals surface area contributed by atoms with Gasteiger partial charge < -0.3 is 16.2 Å². The number of amidine groups is 1. The Morgan fingerprint density at radius 3 is 2.91 bits per heavy atom. The van der Waals surface area contributed by atoms with Gasteiger partial charge in [-0.15, -0.1) is 0 Å². The molecule has 0 amide bonds. The van der Waals surface area contributed by atoms with Crippen LogP contribution in [0.5, 0.6) is 0 Å². The molecule has 0 aliphatic carbocycles. The minimum atomic E-state index is -0.0512. The van der Waals surface area contributed by atoms with Crippen LogP contribution < -0.4 is 11.1 Å². The Balaban J connectivity index is 2.26. The molecule has 0 spiro atoms. The van der Waals surface area contributed by atoms with Gasteiger partial charge in [0.15, 0.2) is 0 Å². The van der Waals surface area contributed by atoms with Gasteiger partial charge in [-0.2, -0.15) is 4.99 Å². The summed E-state index contributed by atoms with van der Waals surface area (Å²) < 4.78 is 0. The van der Waals surface area contributed by atoms with Crippen molar-refractivity contribution in [2.75, 3.05) is 5.32 Å². The number of rotatable bonds is 4. The van der Waals surface area contributed by atoms with E-state index in [0.717, 1.165) is 11.3 Å². The zero-order valence-corrected chi connectivity index (χ0v) is 13.0. The van der Waals surface area contributed by atoms with Crippen LogP contribution in [0.15, 0.2) is 65.4 Å². The van der Waals surface area contributed by atoms with E-state index in [9.17, 15) is 5.11 Å². The second-order valence-corrected chi connectivity index (χ2v) is 4.87. The maximum Gasteiger partial charge on any atom is 0.229 e. The number of nitrogens with zero attached hydrogens (tertiary/aromatic N) is 3. The van der Waals surface area contributed by atoms with Crippen molar-refractivity contribution in [1.29, 1.82) is 0 Å². The van der Waals surface area contributed by atoms with Gasteiger partial charge in [0.1, 0.15) is 11.0 Å². The molecule has 1 aromatic heterocycles. The van der Waals surface area contributed by atoms with E-state index in [0.29, 0.717) is 10.7 Å². The molecule has 0 aliphatic rings. The van der Waals surface area contributed by atoms with Crippen molar-refractivity contribution in [3.8, 4) is 0 Å². The number of halogens is 1. The SMILES string of the molecule is C=CN=C(N=C(N)c1ccnc(Cl)c1)Nc1cccc(CO)c1. The third-order valence-electron chi connectivity index (χ3n) is 2.83. The molecule has 0 atom stereocenters. The number of hydrogen-bond acceptors (Lipinski definition) is 3. The smallest absolute Gasteiger partial charge is 0.229 e. The highest BCUT2D eigenvalue weighted by atomic mass is 35.5. The minimum absolute atomic E-state index is 0.0512. The Hall–Kier alpha value is -2.70. The maximum atomic E-state index is 9.18. The third kappa shape index (κ3) is 4.91. The molecular formula is C16H16ClN5O. The van der Waals surface area contributed by atoms with Crippen LogP contribution in [0.3, 0.4) is 0 Å². The van der Waals surface area contributed by atoms with Crippen molar-refractivity contribution in [3.63, 3.8) is 0 Å². The van der Waals surface area contributed by atoms with Gasteiger partial charge in [0, 0.05) is 23.6 Å². The Morgan fingerprint density at radius 2 is 2.22 bits per heavy atom. The summed E-state index contributed by atoms with van der Waals surface area (Å²) in [6.07, 6.45) is 2.90. The summed E-state index contributed by atoms with van der Waals surface area (Å²) >= 11 is 5.84. The molecule has 0 bridgehead atoms. The van der Waals surface area contributed by atoms with Crippen molar-refractivity contribution < 1.29 is 5.11 Å². The number of nitrogens with two attached hydrogens (primary N) is 1. The zero-order chi connectivity index (χ0) is 16.7. The highest BCUT2D eigenvalue weighted by Crippen LogP contribution is 2.12. The molecule has 7 heteroatoms. The van der Waals surface area contributed by atoms with Crippen LogP contribution in [0.2, 0.25) is 5.15 Å². The quantitative estimate of drug-likeness (QED) is 0.456. The predicted octanol–water partition coefficient (Wildman–Crippen LogP) is 2.54. The molecule has 6 nitrogen and oxygen atoms in total. The van der Waals surface area contributed by atoms with Crippen LogP contribution in [0.25, 0.3) is 0 Å². The molecule has 0 fully saturated rings. The van der Waals surface area contributed by atoms with Crippen molar-refractivity contribution in [2.24, 2.45) is 15.7 Å². The number of guanidine groups is 1. The first kappa shape index (κ1) is 16.7. The summed E-state index contributed by atoms with van der Waals surface area (Å²) in [5.74, 6) is 0.501. The predicted molar refractivity (Wildman–Crippen MR) is 93.6 cm³/mol. The summed E-state index contributed by atoms with van der Waals surface area (Å²) in [6, 6.07) is 10.5. The number of nitrogens with one attached hydrogen (secondary N) is 1. The van der Waals surface area contributed by atoms with Gasteiger partial charge in [0.25, 0.3) is 0 Å². The number of aromatic nitrogens is 1. The molecule has 4 N–H and O–H groups in total. The van der Waals surface area contributed by atoms with E-state index in [-0.39, 0.29) is 18.4 Å². The third-order valence-corrected chi connectivity index (χ3v) is 3.03. The normalized spacial score (nSPS) is 12.1. The molecule has 0 aliphatic heterocycles. The van der Waals surface area contributed by atoms with Crippen molar-refractivity contribution in [2.45, 2.75) is 6.61 Å². The molecule has 0 unspecified atom stereocenters. The Labute approximate surface area is 139 Å². The van der Waals surface area contributed by atoms with Crippen LogP contribution in [0, 0.1) is 0 Å². The fourth-order valence-electron chi connectivity index (χ4n) is 1.79. The van der Waals surface area contributed by atoms with E-state index in [1.54, 1.807) is 24.4 Å². The van der Waals surface area contributed by atoms with Gasteiger partial charge >= 0.3 is 0 Å². The summed E-state index contributed by atoms with van der Waals surface area (Å²) in [6.45, 7) is 3.51. The first-order valence-electron chi connectivity index (χ1n) is 6.74. The van der Waals surface area contributed by atoms with Crippen LogP contribution in [-0.4, -0.2) is 21.9 Å². The molecule has 1 heterocycles. The van der Waals surface area contributed by atoms with Gasteiger partial charge in [-0.1, -0.05) is 30.3 Å². The monoisotopic (exact) mass is 329 g/mol. The number of benzene rings is 1. The van der Waals surface area contributed by atoms with E-state index in [1.165, 1.54) is 6.20 Å². The molecule has 2 aromatic rings. The van der Waals surface area contributed by atoms with Gasteiger partial charge in [-0.05, 0) is 29.8 Å². The van der Waals surface area contributed by atoms with Crippen LogP contribution in [0.4, 0.5) is 5.69 Å². The summed E-state index contributed by atoms with van der Waals surface area (Å²) in [7, 11) is 0. The number of aliphatic hydroxyl groups is 1. The topological polar surface area (TPSA) is 95.9 Å². The lowest BCUT2D eigenvalue weighted by molar-refractivity contribution is 0.282. The molecule has 2 rings (SSSR count). The summed E-state index contributed by atoms with van der Waals surface area (Å²) in [5.41, 5.74) is 8.10. The molecule has 0 saturated heterocycles. The zero-order valence-electron chi connectivity index (χ0n) is 12.3. The fraction of sp³-hybridized carbons (Fsp3) is 0.0625. The molecule has 0 radical (unpaired) electrons. The van der Waals surface area contributed by atoms with Crippen LogP contribution >= 0.6 is 11.6 Å². The van der Waals surface area contributed by atoms with Gasteiger partial charge in [0.2, 0.25) is 5.96 Å². The molecular weight excluding hydrogens is 314 g/mol. The average Bonchev–Trinajstić information content (AvgIpc) is 2.55. The van der Waals surface area contributed by atoms with Crippen LogP contribution in [-0.2, 0) is 6.61 Å². The van der Waals surface area contributed by atoms with Crippen molar-refractivity contribution >= 4 is 29.1 Å². The molecule has 0 saturated carbocycles. The Kier molecular flexibility index (Phi) is 5.85. The number of hydrogen-bond donors (Lipinski definition) is 3. The minimum Gasteiger partial charge on any atom is -0.392 e. The summed E-state index contributed by atoms with van der Waals surface area (Å²) in [4.78, 5) is 12.2. The average molecular weight is 330 g/mol. The first-order chi connectivity index (χ1) is 11.1. The van der Waals surface area contributed by atoms with Gasteiger partial charge in [0.05, 0.1) is 6.61 Å². The Morgan fingerprint density at radius 1 is 1.39 bits per heavy atom. The van der Waals surface area contributed by atoms with Gasteiger partial charge in [-0.3, -0.25) is 0 Å². The van der Waals surface area contributed by atoms with E-state index < -0.39 is 0 Å². The van der Waals surface area contributed by atoms with Crippen LogP contribution in [0.1, 0.15) is 11.1 Å². The fourth-order valence-corrected chi connectivity index (χ4v) is 1.97. The highest BCUT2D eigenvalue weighted by molar-refractivity contribution is 6.29. The molecule has 23 heavy (non-hydrogen) atoms. The second-order valence-electron chi connectivity index (χ2n) is 4.48. The van der Waals surface area contributed by atoms with Crippen molar-refractivity contribution in [1.82, 2.24) is 4.98 Å². The molecule has 118 valence electrons. The van der Waals surface area contributed by atoms with E-state index in [1.807, 2.05) is 18.2 Å². The number of aliphatic imine (C=N–C) groups is 2. The van der Waals surface area contributed by atoms with Crippen molar-refractivity contribution in [3.05, 3.63) is 71.7 Å². The number of anilines is 1.